The first-order valence-corrected chi connectivity index (χ1v) is 4.06. The van der Waals surface area contributed by atoms with Crippen LogP contribution in [0, 0.1) is 0 Å². The number of carbonyl (C=O) groups excluding carboxylic acids is 1. The molecule has 64 valence electrons. The van der Waals surface area contributed by atoms with Crippen LogP contribution in [0.15, 0.2) is 0 Å². The number of methoxy groups -OCH3 is 1. The zero-order valence-electron chi connectivity index (χ0n) is 6.57. The summed E-state index contributed by atoms with van der Waals surface area (Å²) in [5.74, 6) is -0.191. The molecule has 0 N–H and O–H groups in total. The zero-order chi connectivity index (χ0) is 8.27. The minimum atomic E-state index is -0.191. The Morgan fingerprint density at radius 3 is 3.09 bits per heavy atom. The summed E-state index contributed by atoms with van der Waals surface area (Å²) in [5, 5.41) is 0. The van der Waals surface area contributed by atoms with Crippen molar-refractivity contribution in [2.24, 2.45) is 0 Å². The molecule has 1 rings (SSSR count). The third kappa shape index (κ3) is 2.08. The first kappa shape index (κ1) is 8.83. The average Bonchev–Trinajstić information content (AvgIpc) is 2.04. The Labute approximate surface area is 70.2 Å². The number of carbonyl (C=O) groups is 1. The lowest BCUT2D eigenvalue weighted by Crippen LogP contribution is -2.38. The Bertz CT molecular complexity index is 153. The van der Waals surface area contributed by atoms with Gasteiger partial charge in [-0.05, 0) is 6.42 Å². The molecule has 1 aliphatic heterocycles. The quantitative estimate of drug-likeness (QED) is 0.330. The normalized spacial score (nSPS) is 26.5. The highest BCUT2D eigenvalue weighted by Crippen LogP contribution is 2.22. The third-order valence-corrected chi connectivity index (χ3v) is 2.32. The lowest BCUT2D eigenvalue weighted by Gasteiger charge is -2.27. The molecule has 1 saturated heterocycles. The van der Waals surface area contributed by atoms with Crippen LogP contribution in [0.2, 0.25) is 0 Å². The van der Waals surface area contributed by atoms with Crippen molar-refractivity contribution in [1.29, 1.82) is 0 Å². The fourth-order valence-electron chi connectivity index (χ4n) is 0.916. The van der Waals surface area contributed by atoms with Gasteiger partial charge in [0, 0.05) is 7.05 Å². The Morgan fingerprint density at radius 2 is 2.55 bits per heavy atom. The van der Waals surface area contributed by atoms with E-state index in [2.05, 4.69) is 4.74 Å². The molecule has 0 aromatic heterocycles. The van der Waals surface area contributed by atoms with Crippen molar-refractivity contribution in [3.63, 3.8) is 0 Å². The second-order valence-corrected chi connectivity index (χ2v) is 3.23. The van der Waals surface area contributed by atoms with Crippen LogP contribution >= 0.6 is 12.2 Å². The Balaban J connectivity index is 2.47. The van der Waals surface area contributed by atoms with Crippen LogP contribution in [0.3, 0.4) is 0 Å². The van der Waals surface area contributed by atoms with Crippen LogP contribution in [0.4, 0.5) is 0 Å². The number of ether oxygens (including phenoxy) is 1. The second kappa shape index (κ2) is 3.94. The fraction of sp³-hybridized carbons (Fsp3) is 0.833. The first-order valence-electron chi connectivity index (χ1n) is 3.36. The molecular weight excluding hydrogens is 166 g/mol. The maximum absolute atomic E-state index is 11.0. The molecule has 0 spiro atoms. The number of nitrogens with zero attached hydrogens (tertiary/aromatic N) is 1. The summed E-state index contributed by atoms with van der Waals surface area (Å²) < 4.78 is 11.4. The number of hydrogen-bond acceptors (Lipinski definition) is 5. The van der Waals surface area contributed by atoms with Crippen LogP contribution in [0.5, 0.6) is 0 Å². The molecule has 0 amide bonds. The molecular formula is C6H11NO3S. The van der Waals surface area contributed by atoms with Crippen molar-refractivity contribution in [1.82, 2.24) is 4.31 Å². The molecule has 0 aliphatic carbocycles. The summed E-state index contributed by atoms with van der Waals surface area (Å²) in [4.78, 5) is 11.0. The summed E-state index contributed by atoms with van der Waals surface area (Å²) >= 11 is 1.20. The van der Waals surface area contributed by atoms with E-state index in [0.717, 1.165) is 0 Å². The molecule has 1 fully saturated rings. The van der Waals surface area contributed by atoms with Crippen LogP contribution in [0.1, 0.15) is 6.42 Å². The molecule has 1 heterocycles. The van der Waals surface area contributed by atoms with E-state index in [1.54, 1.807) is 4.31 Å². The van der Waals surface area contributed by atoms with Gasteiger partial charge in [-0.25, -0.2) is 4.31 Å². The lowest BCUT2D eigenvalue weighted by molar-refractivity contribution is -0.145. The molecule has 0 aromatic rings. The summed E-state index contributed by atoms with van der Waals surface area (Å²) in [6, 6.07) is -0.154. The SMILES string of the molecule is COC(=O)C1CCOSN1C. The molecule has 1 aliphatic rings. The van der Waals surface area contributed by atoms with E-state index < -0.39 is 0 Å². The lowest BCUT2D eigenvalue weighted by atomic mass is 10.2. The highest BCUT2D eigenvalue weighted by atomic mass is 32.2. The van der Waals surface area contributed by atoms with Gasteiger partial charge in [-0.15, -0.1) is 0 Å². The highest BCUT2D eigenvalue weighted by molar-refractivity contribution is 7.92. The van der Waals surface area contributed by atoms with E-state index in [-0.39, 0.29) is 12.0 Å². The minimum absolute atomic E-state index is 0.154. The van der Waals surface area contributed by atoms with Crippen molar-refractivity contribution >= 4 is 18.2 Å². The third-order valence-electron chi connectivity index (χ3n) is 1.56. The van der Waals surface area contributed by atoms with Crippen molar-refractivity contribution in [2.75, 3.05) is 20.8 Å². The van der Waals surface area contributed by atoms with E-state index in [1.165, 1.54) is 19.3 Å². The van der Waals surface area contributed by atoms with E-state index >= 15 is 0 Å². The van der Waals surface area contributed by atoms with Crippen molar-refractivity contribution in [3.05, 3.63) is 0 Å². The average molecular weight is 177 g/mol. The van der Waals surface area contributed by atoms with Crippen LogP contribution in [0.25, 0.3) is 0 Å². The highest BCUT2D eigenvalue weighted by Gasteiger charge is 2.28. The zero-order valence-corrected chi connectivity index (χ0v) is 7.39. The molecule has 0 bridgehead atoms. The number of esters is 1. The van der Waals surface area contributed by atoms with Gasteiger partial charge < -0.3 is 8.92 Å². The van der Waals surface area contributed by atoms with Crippen LogP contribution in [-0.4, -0.2) is 37.1 Å². The molecule has 0 aromatic carbocycles. The Kier molecular flexibility index (Phi) is 3.16. The smallest absolute Gasteiger partial charge is 0.324 e. The van der Waals surface area contributed by atoms with Gasteiger partial charge in [-0.2, -0.15) is 0 Å². The number of likely N-dealkylation sites (N-methyl/N-ethyl adjacent to an activating group) is 1. The van der Waals surface area contributed by atoms with Crippen LogP contribution in [-0.2, 0) is 13.7 Å². The first-order chi connectivity index (χ1) is 5.25. The van der Waals surface area contributed by atoms with Crippen molar-refractivity contribution in [3.8, 4) is 0 Å². The van der Waals surface area contributed by atoms with Gasteiger partial charge in [0.2, 0.25) is 0 Å². The largest absolute Gasteiger partial charge is 0.468 e. The fourth-order valence-corrected chi connectivity index (χ4v) is 1.55. The molecule has 11 heavy (non-hydrogen) atoms. The summed E-state index contributed by atoms with van der Waals surface area (Å²) in [6.45, 7) is 0.606. The number of rotatable bonds is 1. The summed E-state index contributed by atoms with van der Waals surface area (Å²) in [5.41, 5.74) is 0. The molecule has 1 atom stereocenters. The second-order valence-electron chi connectivity index (χ2n) is 2.27. The Morgan fingerprint density at radius 1 is 1.82 bits per heavy atom. The van der Waals surface area contributed by atoms with Gasteiger partial charge in [0.1, 0.15) is 6.04 Å². The predicted molar refractivity (Wildman–Crippen MR) is 41.7 cm³/mol. The van der Waals surface area contributed by atoms with Crippen molar-refractivity contribution < 1.29 is 13.7 Å². The summed E-state index contributed by atoms with van der Waals surface area (Å²) in [7, 11) is 3.21. The van der Waals surface area contributed by atoms with Gasteiger partial charge in [0.15, 0.2) is 0 Å². The molecule has 4 nitrogen and oxygen atoms in total. The maximum atomic E-state index is 11.0. The van der Waals surface area contributed by atoms with Gasteiger partial charge in [0.05, 0.1) is 25.9 Å². The predicted octanol–water partition coefficient (Wildman–Crippen LogP) is 0.443. The minimum Gasteiger partial charge on any atom is -0.468 e. The van der Waals surface area contributed by atoms with Crippen LogP contribution < -0.4 is 0 Å². The van der Waals surface area contributed by atoms with Crippen molar-refractivity contribution in [2.45, 2.75) is 12.5 Å². The molecule has 0 radical (unpaired) electrons. The molecule has 0 saturated carbocycles. The van der Waals surface area contributed by atoms with E-state index in [1.807, 2.05) is 7.05 Å². The topological polar surface area (TPSA) is 38.8 Å². The van der Waals surface area contributed by atoms with Gasteiger partial charge >= 0.3 is 5.97 Å². The number of hydrogen-bond donors (Lipinski definition) is 0. The van der Waals surface area contributed by atoms with Gasteiger partial charge in [-0.1, -0.05) is 0 Å². The monoisotopic (exact) mass is 177 g/mol. The summed E-state index contributed by atoms with van der Waals surface area (Å²) in [6.07, 6.45) is 0.705. The van der Waals surface area contributed by atoms with E-state index in [9.17, 15) is 4.79 Å². The van der Waals surface area contributed by atoms with E-state index in [4.69, 9.17) is 4.18 Å². The standard InChI is InChI=1S/C6H11NO3S/c1-7-5(6(8)9-2)3-4-10-11-7/h5H,3-4H2,1-2H3. The van der Waals surface area contributed by atoms with E-state index in [0.29, 0.717) is 13.0 Å². The molecule has 1 unspecified atom stereocenters. The van der Waals surface area contributed by atoms with Gasteiger partial charge in [-0.3, -0.25) is 4.79 Å². The maximum Gasteiger partial charge on any atom is 0.324 e. The molecule has 5 heteroatoms. The Hall–Kier alpha value is -0.260. The van der Waals surface area contributed by atoms with Gasteiger partial charge in [0.25, 0.3) is 0 Å².